The van der Waals surface area contributed by atoms with Crippen LogP contribution in [0.2, 0.25) is 0 Å². The topological polar surface area (TPSA) is 38.1 Å². The Morgan fingerprint density at radius 1 is 1.26 bits per heavy atom. The van der Waals surface area contributed by atoms with Gasteiger partial charge in [-0.25, -0.2) is 4.98 Å². The number of thioether (sulfide) groups is 1. The van der Waals surface area contributed by atoms with E-state index in [1.54, 1.807) is 10.8 Å². The quantitative estimate of drug-likeness (QED) is 0.879. The van der Waals surface area contributed by atoms with Crippen LogP contribution in [0.4, 0.5) is 13.2 Å². The number of aliphatic hydroxyl groups excluding tert-OH is 1. The molecule has 1 aromatic carbocycles. The van der Waals surface area contributed by atoms with Gasteiger partial charge in [0.2, 0.25) is 0 Å². The Kier molecular flexibility index (Phi) is 4.16. The first-order valence-electron chi connectivity index (χ1n) is 5.45. The van der Waals surface area contributed by atoms with E-state index < -0.39 is 18.0 Å². The van der Waals surface area contributed by atoms with Gasteiger partial charge in [-0.15, -0.1) is 0 Å². The molecule has 1 N–H and O–H groups in total. The zero-order chi connectivity index (χ0) is 13.9. The van der Waals surface area contributed by atoms with Gasteiger partial charge in [-0.05, 0) is 12.1 Å². The van der Waals surface area contributed by atoms with Crippen LogP contribution in [0.15, 0.2) is 47.9 Å². The molecule has 1 unspecified atom stereocenters. The SMILES string of the molecule is OC(CSc1nccn1-c1ccccc1)C(F)(F)F. The summed E-state index contributed by atoms with van der Waals surface area (Å²) in [5.41, 5.74) is 0.809. The molecule has 0 saturated carbocycles. The number of benzene rings is 1. The standard InChI is InChI=1S/C12H11F3N2OS/c13-12(14,15)10(18)8-19-11-16-6-7-17(11)9-4-2-1-3-5-9/h1-7,10,18H,8H2. The molecule has 102 valence electrons. The van der Waals surface area contributed by atoms with Crippen LogP contribution in [-0.2, 0) is 0 Å². The molecular formula is C12H11F3N2OS. The lowest BCUT2D eigenvalue weighted by molar-refractivity contribution is -0.195. The highest BCUT2D eigenvalue weighted by molar-refractivity contribution is 7.99. The summed E-state index contributed by atoms with van der Waals surface area (Å²) < 4.78 is 38.3. The lowest BCUT2D eigenvalue weighted by Gasteiger charge is -2.14. The largest absolute Gasteiger partial charge is 0.415 e. The number of aliphatic hydroxyl groups is 1. The Bertz CT molecular complexity index is 527. The normalized spacial score (nSPS) is 13.5. The van der Waals surface area contributed by atoms with Crippen LogP contribution >= 0.6 is 11.8 Å². The maximum Gasteiger partial charge on any atom is 0.415 e. The molecule has 0 radical (unpaired) electrons. The maximum absolute atomic E-state index is 12.2. The third-order valence-corrected chi connectivity index (χ3v) is 3.43. The van der Waals surface area contributed by atoms with E-state index >= 15 is 0 Å². The molecular weight excluding hydrogens is 277 g/mol. The van der Waals surface area contributed by atoms with Gasteiger partial charge in [0.25, 0.3) is 0 Å². The third-order valence-electron chi connectivity index (χ3n) is 2.39. The van der Waals surface area contributed by atoms with Crippen molar-refractivity contribution in [3.05, 3.63) is 42.7 Å². The number of alkyl halides is 3. The third kappa shape index (κ3) is 3.51. The second-order valence-electron chi connectivity index (χ2n) is 3.78. The van der Waals surface area contributed by atoms with E-state index in [0.717, 1.165) is 17.4 Å². The molecule has 0 bridgehead atoms. The van der Waals surface area contributed by atoms with E-state index in [4.69, 9.17) is 5.11 Å². The Hall–Kier alpha value is -1.47. The van der Waals surface area contributed by atoms with Crippen LogP contribution < -0.4 is 0 Å². The molecule has 1 aromatic heterocycles. The van der Waals surface area contributed by atoms with Crippen molar-refractivity contribution in [1.29, 1.82) is 0 Å². The zero-order valence-electron chi connectivity index (χ0n) is 9.71. The number of halogens is 3. The Balaban J connectivity index is 2.09. The summed E-state index contributed by atoms with van der Waals surface area (Å²) in [6, 6.07) is 9.15. The number of imidazole rings is 1. The van der Waals surface area contributed by atoms with Gasteiger partial charge in [0, 0.05) is 23.8 Å². The molecule has 0 fully saturated rings. The minimum Gasteiger partial charge on any atom is -0.383 e. The smallest absolute Gasteiger partial charge is 0.383 e. The van der Waals surface area contributed by atoms with Crippen LogP contribution in [-0.4, -0.2) is 32.7 Å². The van der Waals surface area contributed by atoms with Crippen LogP contribution in [0.3, 0.4) is 0 Å². The highest BCUT2D eigenvalue weighted by Crippen LogP contribution is 2.27. The number of nitrogens with zero attached hydrogens (tertiary/aromatic N) is 2. The zero-order valence-corrected chi connectivity index (χ0v) is 10.5. The number of para-hydroxylation sites is 1. The maximum atomic E-state index is 12.2. The predicted octanol–water partition coefficient (Wildman–Crippen LogP) is 2.89. The number of hydrogen-bond acceptors (Lipinski definition) is 3. The fourth-order valence-electron chi connectivity index (χ4n) is 1.43. The van der Waals surface area contributed by atoms with Crippen LogP contribution in [0.25, 0.3) is 5.69 Å². The van der Waals surface area contributed by atoms with Crippen molar-refractivity contribution in [3.63, 3.8) is 0 Å². The monoisotopic (exact) mass is 288 g/mol. The van der Waals surface area contributed by atoms with Gasteiger partial charge < -0.3 is 5.11 Å². The molecule has 0 aliphatic carbocycles. The first-order chi connectivity index (χ1) is 8.98. The summed E-state index contributed by atoms with van der Waals surface area (Å²) in [6.45, 7) is 0. The van der Waals surface area contributed by atoms with Crippen molar-refractivity contribution >= 4 is 11.8 Å². The van der Waals surface area contributed by atoms with Crippen LogP contribution in [0, 0.1) is 0 Å². The Labute approximate surface area is 112 Å². The van der Waals surface area contributed by atoms with Crippen molar-refractivity contribution in [1.82, 2.24) is 9.55 Å². The molecule has 1 heterocycles. The molecule has 7 heteroatoms. The molecule has 0 spiro atoms. The summed E-state index contributed by atoms with van der Waals surface area (Å²) >= 11 is 0.865. The molecule has 0 aliphatic rings. The highest BCUT2D eigenvalue weighted by atomic mass is 32.2. The molecule has 1 atom stereocenters. The van der Waals surface area contributed by atoms with Crippen molar-refractivity contribution in [2.24, 2.45) is 0 Å². The summed E-state index contributed by atoms with van der Waals surface area (Å²) in [5, 5.41) is 9.37. The second-order valence-corrected chi connectivity index (χ2v) is 4.77. The lowest BCUT2D eigenvalue weighted by Crippen LogP contribution is -2.30. The molecule has 19 heavy (non-hydrogen) atoms. The Morgan fingerprint density at radius 2 is 1.95 bits per heavy atom. The lowest BCUT2D eigenvalue weighted by atomic mass is 10.3. The van der Waals surface area contributed by atoms with E-state index in [9.17, 15) is 13.2 Å². The van der Waals surface area contributed by atoms with Crippen molar-refractivity contribution in [2.75, 3.05) is 5.75 Å². The van der Waals surface area contributed by atoms with E-state index in [1.165, 1.54) is 6.20 Å². The average molecular weight is 288 g/mol. The number of aromatic nitrogens is 2. The van der Waals surface area contributed by atoms with Crippen LogP contribution in [0.1, 0.15) is 0 Å². The molecule has 0 aliphatic heterocycles. The predicted molar refractivity (Wildman–Crippen MR) is 66.3 cm³/mol. The summed E-state index contributed by atoms with van der Waals surface area (Å²) in [5.74, 6) is -0.479. The highest BCUT2D eigenvalue weighted by Gasteiger charge is 2.38. The summed E-state index contributed by atoms with van der Waals surface area (Å²) in [7, 11) is 0. The van der Waals surface area contributed by atoms with Gasteiger partial charge in [0.1, 0.15) is 0 Å². The number of hydrogen-bond donors (Lipinski definition) is 1. The number of rotatable bonds is 4. The van der Waals surface area contributed by atoms with E-state index in [0.29, 0.717) is 5.16 Å². The summed E-state index contributed by atoms with van der Waals surface area (Å²) in [6.07, 6.45) is -3.78. The Morgan fingerprint density at radius 3 is 2.58 bits per heavy atom. The van der Waals surface area contributed by atoms with Gasteiger partial charge in [0.05, 0.1) is 0 Å². The molecule has 0 amide bonds. The van der Waals surface area contributed by atoms with Crippen molar-refractivity contribution in [2.45, 2.75) is 17.4 Å². The van der Waals surface area contributed by atoms with Gasteiger partial charge in [0.15, 0.2) is 11.3 Å². The molecule has 2 rings (SSSR count). The molecule has 2 aromatic rings. The minimum absolute atomic E-state index is 0.412. The minimum atomic E-state index is -4.60. The second kappa shape index (κ2) is 5.66. The van der Waals surface area contributed by atoms with Gasteiger partial charge in [-0.1, -0.05) is 30.0 Å². The van der Waals surface area contributed by atoms with Gasteiger partial charge >= 0.3 is 6.18 Å². The van der Waals surface area contributed by atoms with Crippen molar-refractivity contribution in [3.8, 4) is 5.69 Å². The van der Waals surface area contributed by atoms with E-state index in [2.05, 4.69) is 4.98 Å². The van der Waals surface area contributed by atoms with Crippen LogP contribution in [0.5, 0.6) is 0 Å². The van der Waals surface area contributed by atoms with E-state index in [1.807, 2.05) is 30.3 Å². The first-order valence-corrected chi connectivity index (χ1v) is 6.43. The van der Waals surface area contributed by atoms with E-state index in [-0.39, 0.29) is 0 Å². The molecule has 3 nitrogen and oxygen atoms in total. The molecule has 0 saturated heterocycles. The fraction of sp³-hybridized carbons (Fsp3) is 0.250. The van der Waals surface area contributed by atoms with Crippen molar-refractivity contribution < 1.29 is 18.3 Å². The van der Waals surface area contributed by atoms with Gasteiger partial charge in [-0.3, -0.25) is 4.57 Å². The average Bonchev–Trinajstić information content (AvgIpc) is 2.84. The first kappa shape index (κ1) is 14.0. The summed E-state index contributed by atoms with van der Waals surface area (Å²) in [4.78, 5) is 3.99. The fourth-order valence-corrected chi connectivity index (χ4v) is 2.37. The van der Waals surface area contributed by atoms with Gasteiger partial charge in [-0.2, -0.15) is 13.2 Å².